The topological polar surface area (TPSA) is 152 Å². The maximum atomic E-state index is 12.8. The molecule has 0 spiro atoms. The number of aliphatic hydroxyl groups is 4. The molecule has 1 aliphatic heterocycles. The fourth-order valence-electron chi connectivity index (χ4n) is 6.93. The average molecular weight is 668 g/mol. The third-order valence-corrected chi connectivity index (χ3v) is 10.8. The summed E-state index contributed by atoms with van der Waals surface area (Å²) in [6.45, 7) is 9.81. The zero-order valence-electron chi connectivity index (χ0n) is 29.8. The third-order valence-electron chi connectivity index (χ3n) is 10.8. The van der Waals surface area contributed by atoms with Crippen LogP contribution in [0.5, 0.6) is 0 Å². The Labute approximate surface area is 285 Å². The summed E-state index contributed by atoms with van der Waals surface area (Å²) in [7, 11) is 3.91. The molecule has 1 heterocycles. The van der Waals surface area contributed by atoms with E-state index in [4.69, 9.17) is 4.74 Å². The van der Waals surface area contributed by atoms with Gasteiger partial charge in [-0.15, -0.1) is 0 Å². The molecule has 2 aromatic carbocycles. The Kier molecular flexibility index (Phi) is 11.8. The molecule has 6 N–H and O–H groups in total. The minimum atomic E-state index is -1.54. The monoisotopic (exact) mass is 667 g/mol. The maximum absolute atomic E-state index is 12.8. The molecular formula is C38H57N3O7. The molecule has 10 heteroatoms. The molecule has 2 amide bonds. The molecular weight excluding hydrogens is 610 g/mol. The first kappa shape index (κ1) is 38.0. The van der Waals surface area contributed by atoms with Gasteiger partial charge in [-0.3, -0.25) is 9.59 Å². The van der Waals surface area contributed by atoms with E-state index in [1.807, 2.05) is 51.0 Å². The summed E-state index contributed by atoms with van der Waals surface area (Å²) >= 11 is 0. The Morgan fingerprint density at radius 1 is 1.02 bits per heavy atom. The summed E-state index contributed by atoms with van der Waals surface area (Å²) in [5.41, 5.74) is -0.182. The quantitative estimate of drug-likeness (QED) is 0.180. The molecule has 0 unspecified atom stereocenters. The van der Waals surface area contributed by atoms with E-state index in [2.05, 4.69) is 34.9 Å². The van der Waals surface area contributed by atoms with Gasteiger partial charge in [0.15, 0.2) is 0 Å². The zero-order chi connectivity index (χ0) is 35.5. The van der Waals surface area contributed by atoms with Gasteiger partial charge in [0, 0.05) is 19.5 Å². The second-order valence-corrected chi connectivity index (χ2v) is 14.9. The van der Waals surface area contributed by atoms with Gasteiger partial charge in [0.2, 0.25) is 11.8 Å². The lowest BCUT2D eigenvalue weighted by atomic mass is 9.70. The predicted molar refractivity (Wildman–Crippen MR) is 185 cm³/mol. The minimum absolute atomic E-state index is 0.0865. The number of hydrogen-bond donors (Lipinski definition) is 6. The largest absolute Gasteiger partial charge is 0.387 e. The highest BCUT2D eigenvalue weighted by atomic mass is 16.6. The summed E-state index contributed by atoms with van der Waals surface area (Å²) in [4.78, 5) is 27.6. The standard InChI is InChI=1S/C38H57N3O7/c1-8-38(33(45)31(43)32(44)36(5,48-38)35(3,4)47)29-18-13-25(2)28(24-29)23-27-16-14-26(15-17-27)11-9-12-30(42)40-37(19-10-20-37)34(46)39-21-22-41(6)7/h13-18,24,31-33,43-45,47H,8-12,19-23H2,1-7H3,(H,39,46)(H,40,42)/t31-,32-,33+,36-,38-/m0/s1. The van der Waals surface area contributed by atoms with Crippen molar-refractivity contribution < 1.29 is 34.8 Å². The molecule has 0 bridgehead atoms. The molecule has 2 aliphatic rings. The number of carbonyl (C=O) groups is 2. The van der Waals surface area contributed by atoms with Crippen LogP contribution in [0.25, 0.3) is 0 Å². The van der Waals surface area contributed by atoms with Gasteiger partial charge in [-0.25, -0.2) is 0 Å². The van der Waals surface area contributed by atoms with E-state index in [9.17, 15) is 30.0 Å². The molecule has 1 saturated carbocycles. The summed E-state index contributed by atoms with van der Waals surface area (Å²) in [5.74, 6) is -0.178. The molecule has 266 valence electrons. The molecule has 1 saturated heterocycles. The van der Waals surface area contributed by atoms with Crippen molar-refractivity contribution in [1.82, 2.24) is 15.5 Å². The van der Waals surface area contributed by atoms with Crippen molar-refractivity contribution in [3.05, 3.63) is 70.3 Å². The molecule has 48 heavy (non-hydrogen) atoms. The highest BCUT2D eigenvalue weighted by Crippen LogP contribution is 2.49. The molecule has 0 radical (unpaired) electrons. The minimum Gasteiger partial charge on any atom is -0.387 e. The Balaban J connectivity index is 1.38. The van der Waals surface area contributed by atoms with Gasteiger partial charge in [0.05, 0.1) is 5.60 Å². The molecule has 4 rings (SSSR count). The summed E-state index contributed by atoms with van der Waals surface area (Å²) in [6.07, 6.45) is 0.576. The molecule has 5 atom stereocenters. The van der Waals surface area contributed by atoms with Crippen molar-refractivity contribution in [3.8, 4) is 0 Å². The van der Waals surface area contributed by atoms with Crippen LogP contribution in [0.1, 0.15) is 94.0 Å². The Hall–Kier alpha value is -2.86. The maximum Gasteiger partial charge on any atom is 0.245 e. The highest BCUT2D eigenvalue weighted by molar-refractivity contribution is 5.92. The van der Waals surface area contributed by atoms with Gasteiger partial charge in [0.1, 0.15) is 35.1 Å². The van der Waals surface area contributed by atoms with E-state index in [-0.39, 0.29) is 11.8 Å². The molecule has 10 nitrogen and oxygen atoms in total. The van der Waals surface area contributed by atoms with E-state index in [0.717, 1.165) is 41.6 Å². The number of aliphatic hydroxyl groups excluding tert-OH is 3. The molecule has 2 aromatic rings. The zero-order valence-corrected chi connectivity index (χ0v) is 29.8. The van der Waals surface area contributed by atoms with Crippen LogP contribution < -0.4 is 10.6 Å². The van der Waals surface area contributed by atoms with Crippen molar-refractivity contribution in [2.45, 2.75) is 127 Å². The van der Waals surface area contributed by atoms with Crippen LogP contribution in [0.4, 0.5) is 0 Å². The molecule has 0 aromatic heterocycles. The van der Waals surface area contributed by atoms with Crippen LogP contribution >= 0.6 is 0 Å². The van der Waals surface area contributed by atoms with Crippen molar-refractivity contribution in [1.29, 1.82) is 0 Å². The first-order valence-corrected chi connectivity index (χ1v) is 17.4. The second-order valence-electron chi connectivity index (χ2n) is 14.9. The normalized spacial score (nSPS) is 27.0. The Morgan fingerprint density at radius 2 is 1.67 bits per heavy atom. The second kappa shape index (κ2) is 14.9. The smallest absolute Gasteiger partial charge is 0.245 e. The van der Waals surface area contributed by atoms with Crippen molar-refractivity contribution in [3.63, 3.8) is 0 Å². The van der Waals surface area contributed by atoms with Crippen molar-refractivity contribution in [2.24, 2.45) is 0 Å². The van der Waals surface area contributed by atoms with Gasteiger partial charge >= 0.3 is 0 Å². The van der Waals surface area contributed by atoms with Crippen LogP contribution in [0, 0.1) is 6.92 Å². The van der Waals surface area contributed by atoms with Gasteiger partial charge in [-0.1, -0.05) is 49.4 Å². The van der Waals surface area contributed by atoms with E-state index in [1.54, 1.807) is 6.92 Å². The first-order chi connectivity index (χ1) is 22.5. The number of amides is 2. The number of rotatable bonds is 14. The lowest BCUT2D eigenvalue weighted by Gasteiger charge is -2.57. The van der Waals surface area contributed by atoms with Crippen molar-refractivity contribution >= 4 is 11.8 Å². The Morgan fingerprint density at radius 3 is 2.23 bits per heavy atom. The number of nitrogens with zero attached hydrogens (tertiary/aromatic N) is 1. The number of carbonyl (C=O) groups excluding carboxylic acids is 2. The van der Waals surface area contributed by atoms with Crippen LogP contribution in [-0.4, -0.2) is 99.4 Å². The fourth-order valence-corrected chi connectivity index (χ4v) is 6.93. The lowest BCUT2D eigenvalue weighted by molar-refractivity contribution is -0.346. The number of ether oxygens (including phenoxy) is 1. The Bertz CT molecular complexity index is 1420. The van der Waals surface area contributed by atoms with E-state index in [0.29, 0.717) is 50.6 Å². The number of benzene rings is 2. The molecule has 1 aliphatic carbocycles. The SMILES string of the molecule is CC[C@@]1(c2ccc(C)c(Cc3ccc(CCCC(=O)NC4(C(=O)NCCN(C)C)CCC4)cc3)c2)O[C@](C)(C(C)(C)O)[C@@H](O)[C@H](O)[C@H]1O. The third kappa shape index (κ3) is 7.79. The highest BCUT2D eigenvalue weighted by Gasteiger charge is 2.62. The number of likely N-dealkylation sites (N-methyl/N-ethyl adjacent to an activating group) is 1. The van der Waals surface area contributed by atoms with E-state index < -0.39 is 40.7 Å². The number of hydrogen-bond acceptors (Lipinski definition) is 8. The van der Waals surface area contributed by atoms with Crippen molar-refractivity contribution in [2.75, 3.05) is 27.2 Å². The van der Waals surface area contributed by atoms with E-state index >= 15 is 0 Å². The number of aryl methyl sites for hydroxylation is 2. The molecule has 2 fully saturated rings. The lowest BCUT2D eigenvalue weighted by Crippen LogP contribution is -2.73. The van der Waals surface area contributed by atoms with Gasteiger partial charge in [-0.05, 0) is 115 Å². The summed E-state index contributed by atoms with van der Waals surface area (Å²) in [5, 5.41) is 50.0. The van der Waals surface area contributed by atoms with Gasteiger partial charge in [-0.2, -0.15) is 0 Å². The van der Waals surface area contributed by atoms with Crippen LogP contribution in [0.2, 0.25) is 0 Å². The summed E-state index contributed by atoms with van der Waals surface area (Å²) in [6, 6.07) is 14.1. The summed E-state index contributed by atoms with van der Waals surface area (Å²) < 4.78 is 6.48. The first-order valence-electron chi connectivity index (χ1n) is 17.4. The van der Waals surface area contributed by atoms with E-state index in [1.165, 1.54) is 13.8 Å². The predicted octanol–water partition coefficient (Wildman–Crippen LogP) is 2.87. The van der Waals surface area contributed by atoms with Crippen LogP contribution in [0.15, 0.2) is 42.5 Å². The average Bonchev–Trinajstić information content (AvgIpc) is 3.01. The van der Waals surface area contributed by atoms with Gasteiger partial charge in [0.25, 0.3) is 0 Å². The number of nitrogens with one attached hydrogen (secondary N) is 2. The van der Waals surface area contributed by atoms with Gasteiger partial charge < -0.3 is 40.7 Å². The van der Waals surface area contributed by atoms with Crippen LogP contribution in [-0.2, 0) is 32.8 Å². The fraction of sp³-hybridized carbons (Fsp3) is 0.632. The van der Waals surface area contributed by atoms with Crippen LogP contribution in [0.3, 0.4) is 0 Å².